The number of benzene rings is 2. The minimum Gasteiger partial charge on any atom is -0.481 e. The Morgan fingerprint density at radius 2 is 1.47 bits per heavy atom. The van der Waals surface area contributed by atoms with Crippen molar-refractivity contribution in [3.8, 4) is 0 Å². The number of hydrogen-bond donors (Lipinski definition) is 2. The molecule has 0 unspecified atom stereocenters. The smallest absolute Gasteiger partial charge is 0.435 e. The maximum absolute atomic E-state index is 15.0. The second-order valence-corrected chi connectivity index (χ2v) is 14.4. The average molecular weight is 666 g/mol. The molecule has 2 aromatic rings. The number of nitrogens with zero attached hydrogens (tertiary/aromatic N) is 1. The van der Waals surface area contributed by atoms with Crippen LogP contribution in [0.1, 0.15) is 60.8 Å². The highest BCUT2D eigenvalue weighted by molar-refractivity contribution is 7.92. The van der Waals surface area contributed by atoms with Crippen molar-refractivity contribution in [2.45, 2.75) is 91.2 Å². The summed E-state index contributed by atoms with van der Waals surface area (Å²) in [6, 6.07) is 5.93. The Labute approximate surface area is 253 Å². The molecule has 0 bridgehead atoms. The molecule has 5 rings (SSSR count). The molecule has 246 valence electrons. The molecule has 1 amide bonds. The van der Waals surface area contributed by atoms with E-state index in [1.165, 1.54) is 29.2 Å². The largest absolute Gasteiger partial charge is 0.481 e. The van der Waals surface area contributed by atoms with Gasteiger partial charge in [-0.05, 0) is 75.1 Å². The highest BCUT2D eigenvalue weighted by Gasteiger charge is 2.74. The summed E-state index contributed by atoms with van der Waals surface area (Å²) in [5.41, 5.74) is -9.12. The van der Waals surface area contributed by atoms with Gasteiger partial charge in [-0.25, -0.2) is 12.8 Å². The fourth-order valence-electron chi connectivity index (χ4n) is 7.22. The van der Waals surface area contributed by atoms with Crippen LogP contribution < -0.4 is 0 Å². The van der Waals surface area contributed by atoms with Crippen LogP contribution in [0.15, 0.2) is 47.4 Å². The van der Waals surface area contributed by atoms with E-state index >= 15 is 4.39 Å². The molecule has 3 aliphatic rings. The zero-order chi connectivity index (χ0) is 33.4. The molecule has 45 heavy (non-hydrogen) atoms. The summed E-state index contributed by atoms with van der Waals surface area (Å²) in [5.74, 6) is -2.68. The molecule has 2 fully saturated rings. The third-order valence-electron chi connectivity index (χ3n) is 9.70. The van der Waals surface area contributed by atoms with Crippen molar-refractivity contribution in [2.75, 3.05) is 6.54 Å². The average Bonchev–Trinajstić information content (AvgIpc) is 3.37. The maximum atomic E-state index is 15.0. The highest BCUT2D eigenvalue weighted by Crippen LogP contribution is 2.57. The molecule has 0 radical (unpaired) electrons. The van der Waals surface area contributed by atoms with E-state index in [9.17, 15) is 54.6 Å². The lowest BCUT2D eigenvalue weighted by Gasteiger charge is -2.45. The molecule has 1 aliphatic heterocycles. The van der Waals surface area contributed by atoms with Crippen LogP contribution in [-0.2, 0) is 36.3 Å². The number of hydrogen-bond acceptors (Lipinski definition) is 5. The molecule has 15 heteroatoms. The Kier molecular flexibility index (Phi) is 7.87. The van der Waals surface area contributed by atoms with Crippen molar-refractivity contribution >= 4 is 21.7 Å². The van der Waals surface area contributed by atoms with Gasteiger partial charge in [-0.2, -0.15) is 26.3 Å². The zero-order valence-electron chi connectivity index (χ0n) is 23.9. The molecule has 7 nitrogen and oxygen atoms in total. The number of rotatable bonds is 5. The Morgan fingerprint density at radius 1 is 0.889 bits per heavy atom. The zero-order valence-corrected chi connectivity index (χ0v) is 24.7. The van der Waals surface area contributed by atoms with E-state index in [0.717, 1.165) is 6.07 Å². The third kappa shape index (κ3) is 4.91. The van der Waals surface area contributed by atoms with Crippen LogP contribution in [0.25, 0.3) is 0 Å². The van der Waals surface area contributed by atoms with E-state index in [0.29, 0.717) is 17.7 Å². The van der Waals surface area contributed by atoms with Crippen LogP contribution in [0.5, 0.6) is 0 Å². The molecule has 0 spiro atoms. The van der Waals surface area contributed by atoms with Gasteiger partial charge in [0.2, 0.25) is 0 Å². The summed E-state index contributed by atoms with van der Waals surface area (Å²) < 4.78 is 123. The van der Waals surface area contributed by atoms with E-state index in [1.807, 2.05) is 0 Å². The van der Waals surface area contributed by atoms with Crippen LogP contribution in [0.2, 0.25) is 0 Å². The van der Waals surface area contributed by atoms with E-state index in [2.05, 4.69) is 0 Å². The fourth-order valence-corrected chi connectivity index (χ4v) is 9.59. The molecular formula is C30H30F7NO6S. The number of likely N-dealkylation sites (tertiary alicyclic amines) is 1. The van der Waals surface area contributed by atoms with Crippen LogP contribution >= 0.6 is 0 Å². The van der Waals surface area contributed by atoms with Crippen molar-refractivity contribution in [1.82, 2.24) is 4.90 Å². The van der Waals surface area contributed by atoms with Gasteiger partial charge >= 0.3 is 24.0 Å². The van der Waals surface area contributed by atoms with E-state index in [4.69, 9.17) is 0 Å². The predicted octanol–water partition coefficient (Wildman–Crippen LogP) is 5.51. The van der Waals surface area contributed by atoms with Crippen molar-refractivity contribution in [1.29, 1.82) is 0 Å². The Balaban J connectivity index is 1.64. The number of fused-ring (bicyclic) bond motifs is 3. The monoisotopic (exact) mass is 665 g/mol. The summed E-state index contributed by atoms with van der Waals surface area (Å²) in [6.07, 6.45) is -13.9. The Hall–Kier alpha value is -3.20. The molecule has 1 heterocycles. The molecule has 1 saturated heterocycles. The number of aryl methyl sites for hydroxylation is 2. The van der Waals surface area contributed by atoms with Gasteiger partial charge in [-0.3, -0.25) is 9.59 Å². The number of alkyl halides is 7. The lowest BCUT2D eigenvalue weighted by molar-refractivity contribution is -0.348. The standard InChI is InChI=1S/C30H30F7NO6S/c1-17-2-6-21(7-3-17)45(43,44)27-14-15-38(25(41)26(42)12-10-18(11-13-26)24(39)40)23(27)9-4-19-16-20(5-8-22(19)27)28(31,29(32,33)34)30(35,36)37/h2-3,5-8,16,18,23,42H,4,9-15H2,1H3,(H,39,40)/t18-,23-,26+,27-/m1/s1. The van der Waals surface area contributed by atoms with Crippen molar-refractivity contribution < 1.29 is 59.0 Å². The van der Waals surface area contributed by atoms with Crippen molar-refractivity contribution in [2.24, 2.45) is 5.92 Å². The lowest BCUT2D eigenvalue weighted by atomic mass is 9.75. The predicted molar refractivity (Wildman–Crippen MR) is 144 cm³/mol. The van der Waals surface area contributed by atoms with Gasteiger partial charge in [0.15, 0.2) is 9.84 Å². The third-order valence-corrected chi connectivity index (χ3v) is 12.2. The van der Waals surface area contributed by atoms with Gasteiger partial charge in [0, 0.05) is 12.1 Å². The molecule has 2 aromatic carbocycles. The molecule has 0 aromatic heterocycles. The molecule has 2 atom stereocenters. The van der Waals surface area contributed by atoms with Crippen LogP contribution in [0.3, 0.4) is 0 Å². The lowest BCUT2D eigenvalue weighted by Crippen LogP contribution is -2.57. The first kappa shape index (κ1) is 33.2. The number of carbonyl (C=O) groups excluding carboxylic acids is 1. The first-order valence-corrected chi connectivity index (χ1v) is 15.7. The summed E-state index contributed by atoms with van der Waals surface area (Å²) >= 11 is 0. The van der Waals surface area contributed by atoms with Crippen LogP contribution in [-0.4, -0.2) is 65.9 Å². The Bertz CT molecular complexity index is 1600. The number of carboxylic acid groups (broad SMARTS) is 1. The first-order valence-electron chi connectivity index (χ1n) is 14.2. The topological polar surface area (TPSA) is 112 Å². The van der Waals surface area contributed by atoms with Crippen LogP contribution in [0, 0.1) is 12.8 Å². The van der Waals surface area contributed by atoms with Gasteiger partial charge in [-0.1, -0.05) is 35.9 Å². The SMILES string of the molecule is Cc1ccc(S(=O)(=O)[C@@]23CCN(C(=O)[C@]4(O)CC[C@@H](C(=O)O)CC4)[C@@H]2CCc2cc(C(F)(C(F)(F)F)C(F)(F)F)ccc23)cc1. The van der Waals surface area contributed by atoms with E-state index < -0.39 is 67.6 Å². The van der Waals surface area contributed by atoms with E-state index in [1.54, 1.807) is 6.92 Å². The second-order valence-electron chi connectivity index (χ2n) is 12.2. The number of aliphatic carboxylic acids is 1. The van der Waals surface area contributed by atoms with Gasteiger partial charge < -0.3 is 15.1 Å². The Morgan fingerprint density at radius 3 is 2.00 bits per heavy atom. The number of carbonyl (C=O) groups is 2. The fraction of sp³-hybridized carbons (Fsp3) is 0.533. The molecule has 2 N–H and O–H groups in total. The van der Waals surface area contributed by atoms with Gasteiger partial charge in [0.1, 0.15) is 10.3 Å². The van der Waals surface area contributed by atoms with Crippen molar-refractivity contribution in [3.63, 3.8) is 0 Å². The first-order chi connectivity index (χ1) is 20.7. The highest BCUT2D eigenvalue weighted by atomic mass is 32.2. The van der Waals surface area contributed by atoms with E-state index in [-0.39, 0.29) is 67.5 Å². The van der Waals surface area contributed by atoms with Gasteiger partial charge in [0.25, 0.3) is 5.91 Å². The number of halogens is 7. The number of aliphatic hydroxyl groups is 1. The number of carboxylic acids is 1. The van der Waals surface area contributed by atoms with Crippen LogP contribution in [0.4, 0.5) is 30.7 Å². The quantitative estimate of drug-likeness (QED) is 0.408. The number of sulfone groups is 1. The summed E-state index contributed by atoms with van der Waals surface area (Å²) in [4.78, 5) is 26.3. The molecule has 1 saturated carbocycles. The summed E-state index contributed by atoms with van der Waals surface area (Å²) in [5, 5.41) is 20.6. The molecule has 2 aliphatic carbocycles. The van der Waals surface area contributed by atoms with Gasteiger partial charge in [0.05, 0.1) is 16.9 Å². The normalized spacial score (nSPS) is 27.5. The summed E-state index contributed by atoms with van der Waals surface area (Å²) in [7, 11) is -4.52. The summed E-state index contributed by atoms with van der Waals surface area (Å²) in [6.45, 7) is 1.48. The minimum absolute atomic E-state index is 0.00209. The maximum Gasteiger partial charge on any atom is 0.435 e. The number of amides is 1. The van der Waals surface area contributed by atoms with Gasteiger partial charge in [-0.15, -0.1) is 0 Å². The second kappa shape index (κ2) is 10.7. The minimum atomic E-state index is -6.37. The molecular weight excluding hydrogens is 635 g/mol. The van der Waals surface area contributed by atoms with Crippen molar-refractivity contribution in [3.05, 3.63) is 64.7 Å².